The minimum atomic E-state index is -1.20. The number of halogens is 1. The summed E-state index contributed by atoms with van der Waals surface area (Å²) in [4.78, 5) is 30.9. The molecule has 0 atom stereocenters. The summed E-state index contributed by atoms with van der Waals surface area (Å²) in [6, 6.07) is 10.7. The largest absolute Gasteiger partial charge is 0.486 e. The lowest BCUT2D eigenvalue weighted by atomic mass is 10.1. The van der Waals surface area contributed by atoms with Crippen LogP contribution in [0.3, 0.4) is 0 Å². The Labute approximate surface area is 217 Å². The van der Waals surface area contributed by atoms with E-state index >= 15 is 0 Å². The quantitative estimate of drug-likeness (QED) is 0.362. The molecule has 4 aromatic heterocycles. The maximum Gasteiger partial charge on any atom is 0.273 e. The summed E-state index contributed by atoms with van der Waals surface area (Å²) in [5.74, 6) is 1.19. The van der Waals surface area contributed by atoms with E-state index in [9.17, 15) is 9.90 Å². The van der Waals surface area contributed by atoms with Gasteiger partial charge in [0.1, 0.15) is 22.4 Å². The van der Waals surface area contributed by atoms with Gasteiger partial charge < -0.3 is 14.6 Å². The van der Waals surface area contributed by atoms with Crippen molar-refractivity contribution in [1.82, 2.24) is 24.5 Å². The third-order valence-electron chi connectivity index (χ3n) is 5.45. The molecule has 0 saturated carbocycles. The van der Waals surface area contributed by atoms with Crippen LogP contribution in [0.15, 0.2) is 58.1 Å². The SMILES string of the molecule is COc1cccc(COc2cc(C)n(-c3cc(-c4ccnc(C(C)(C)O)n4)ncc3C)c(=O)c2Br)n1. The Morgan fingerprint density at radius 2 is 1.86 bits per heavy atom. The fourth-order valence-corrected chi connectivity index (χ4v) is 3.99. The molecule has 0 spiro atoms. The van der Waals surface area contributed by atoms with Crippen molar-refractivity contribution >= 4 is 15.9 Å². The summed E-state index contributed by atoms with van der Waals surface area (Å²) in [6.07, 6.45) is 3.27. The van der Waals surface area contributed by atoms with Gasteiger partial charge in [-0.3, -0.25) is 14.3 Å². The van der Waals surface area contributed by atoms with Gasteiger partial charge in [0.25, 0.3) is 5.56 Å². The standard InChI is InChI=1S/C26H26BrN5O4/c1-15-13-29-19(18-9-10-28-25(31-18)26(3,4)34)12-20(15)32-16(2)11-21(23(27)24(32)33)36-14-17-7-6-8-22(30-17)35-5/h6-13,34H,14H2,1-5H3. The van der Waals surface area contributed by atoms with E-state index in [-0.39, 0.29) is 18.0 Å². The summed E-state index contributed by atoms with van der Waals surface area (Å²) < 4.78 is 13.0. The molecule has 0 aliphatic heterocycles. The highest BCUT2D eigenvalue weighted by Gasteiger charge is 2.21. The first kappa shape index (κ1) is 25.5. The van der Waals surface area contributed by atoms with E-state index in [0.29, 0.717) is 44.6 Å². The molecule has 36 heavy (non-hydrogen) atoms. The van der Waals surface area contributed by atoms with Crippen LogP contribution in [0.25, 0.3) is 17.1 Å². The monoisotopic (exact) mass is 551 g/mol. The molecule has 0 radical (unpaired) electrons. The molecular weight excluding hydrogens is 526 g/mol. The smallest absolute Gasteiger partial charge is 0.273 e. The Hall–Kier alpha value is -3.63. The highest BCUT2D eigenvalue weighted by atomic mass is 79.9. The summed E-state index contributed by atoms with van der Waals surface area (Å²) >= 11 is 3.42. The summed E-state index contributed by atoms with van der Waals surface area (Å²) in [7, 11) is 1.55. The molecule has 0 aliphatic rings. The van der Waals surface area contributed by atoms with Gasteiger partial charge in [0.2, 0.25) is 5.88 Å². The topological polar surface area (TPSA) is 112 Å². The lowest BCUT2D eigenvalue weighted by molar-refractivity contribution is 0.0688. The average molecular weight is 552 g/mol. The van der Waals surface area contributed by atoms with Crippen LogP contribution in [0.1, 0.15) is 36.6 Å². The minimum Gasteiger partial charge on any atom is -0.486 e. The van der Waals surface area contributed by atoms with Crippen LogP contribution >= 0.6 is 15.9 Å². The number of aliphatic hydroxyl groups is 1. The molecule has 4 heterocycles. The van der Waals surface area contributed by atoms with Crippen molar-refractivity contribution < 1.29 is 14.6 Å². The minimum absolute atomic E-state index is 0.175. The number of nitrogens with zero attached hydrogens (tertiary/aromatic N) is 5. The normalized spacial score (nSPS) is 11.4. The molecule has 4 rings (SSSR count). The van der Waals surface area contributed by atoms with E-state index in [0.717, 1.165) is 5.56 Å². The van der Waals surface area contributed by atoms with Crippen LogP contribution in [-0.2, 0) is 12.2 Å². The van der Waals surface area contributed by atoms with E-state index in [4.69, 9.17) is 9.47 Å². The zero-order valence-corrected chi connectivity index (χ0v) is 22.2. The molecule has 186 valence electrons. The van der Waals surface area contributed by atoms with Crippen LogP contribution in [0.4, 0.5) is 0 Å². The van der Waals surface area contributed by atoms with E-state index in [2.05, 4.69) is 35.9 Å². The van der Waals surface area contributed by atoms with E-state index in [1.807, 2.05) is 26.0 Å². The fraction of sp³-hybridized carbons (Fsp3) is 0.269. The third-order valence-corrected chi connectivity index (χ3v) is 6.18. The summed E-state index contributed by atoms with van der Waals surface area (Å²) in [6.45, 7) is 7.13. The van der Waals surface area contributed by atoms with Crippen molar-refractivity contribution in [3.8, 4) is 28.7 Å². The molecule has 9 nitrogen and oxygen atoms in total. The summed E-state index contributed by atoms with van der Waals surface area (Å²) in [5.41, 5.74) is 2.44. The van der Waals surface area contributed by atoms with Crippen molar-refractivity contribution in [1.29, 1.82) is 0 Å². The van der Waals surface area contributed by atoms with Crippen molar-refractivity contribution in [2.45, 2.75) is 39.9 Å². The van der Waals surface area contributed by atoms with Gasteiger partial charge in [0.15, 0.2) is 5.82 Å². The van der Waals surface area contributed by atoms with Gasteiger partial charge in [0, 0.05) is 30.2 Å². The van der Waals surface area contributed by atoms with E-state index < -0.39 is 5.60 Å². The molecular formula is C26H26BrN5O4. The Balaban J connectivity index is 1.71. The lowest BCUT2D eigenvalue weighted by Crippen LogP contribution is -2.23. The van der Waals surface area contributed by atoms with Crippen molar-refractivity contribution in [3.63, 3.8) is 0 Å². The molecule has 1 N–H and O–H groups in total. The number of rotatable bonds is 7. The first-order valence-corrected chi connectivity index (χ1v) is 12.0. The molecule has 0 aliphatic carbocycles. The molecule has 0 amide bonds. The van der Waals surface area contributed by atoms with E-state index in [1.54, 1.807) is 62.2 Å². The van der Waals surface area contributed by atoms with Gasteiger partial charge in [-0.15, -0.1) is 0 Å². The predicted molar refractivity (Wildman–Crippen MR) is 138 cm³/mol. The van der Waals surface area contributed by atoms with Crippen molar-refractivity contribution in [2.24, 2.45) is 0 Å². The Bertz CT molecular complexity index is 1480. The number of hydrogen-bond donors (Lipinski definition) is 1. The highest BCUT2D eigenvalue weighted by Crippen LogP contribution is 2.28. The molecule has 10 heteroatoms. The Morgan fingerprint density at radius 3 is 2.58 bits per heavy atom. The third kappa shape index (κ3) is 5.29. The zero-order valence-electron chi connectivity index (χ0n) is 20.6. The van der Waals surface area contributed by atoms with Crippen LogP contribution in [0, 0.1) is 13.8 Å². The van der Waals surface area contributed by atoms with Gasteiger partial charge in [-0.2, -0.15) is 0 Å². The second-order valence-electron chi connectivity index (χ2n) is 8.75. The molecule has 0 saturated heterocycles. The maximum atomic E-state index is 13.4. The number of aryl methyl sites for hydroxylation is 2. The fourth-order valence-electron chi connectivity index (χ4n) is 3.58. The van der Waals surface area contributed by atoms with Crippen LogP contribution < -0.4 is 15.0 Å². The van der Waals surface area contributed by atoms with Gasteiger partial charge in [-0.25, -0.2) is 15.0 Å². The maximum absolute atomic E-state index is 13.4. The number of aromatic nitrogens is 5. The first-order chi connectivity index (χ1) is 17.1. The molecule has 4 aromatic rings. The van der Waals surface area contributed by atoms with E-state index in [1.165, 1.54) is 0 Å². The van der Waals surface area contributed by atoms with Crippen LogP contribution in [0.5, 0.6) is 11.6 Å². The van der Waals surface area contributed by atoms with Gasteiger partial charge >= 0.3 is 0 Å². The second kappa shape index (κ2) is 10.2. The first-order valence-electron chi connectivity index (χ1n) is 11.2. The summed E-state index contributed by atoms with van der Waals surface area (Å²) in [5, 5.41) is 10.3. The average Bonchev–Trinajstić information content (AvgIpc) is 2.86. The lowest BCUT2D eigenvalue weighted by Gasteiger charge is -2.18. The highest BCUT2D eigenvalue weighted by molar-refractivity contribution is 9.10. The number of pyridine rings is 3. The van der Waals surface area contributed by atoms with Crippen LogP contribution in [-0.4, -0.2) is 36.7 Å². The molecule has 0 unspecified atom stereocenters. The van der Waals surface area contributed by atoms with Gasteiger partial charge in [0.05, 0.1) is 29.9 Å². The zero-order chi connectivity index (χ0) is 26.0. The predicted octanol–water partition coefficient (Wildman–Crippen LogP) is 4.28. The van der Waals surface area contributed by atoms with Crippen LogP contribution in [0.2, 0.25) is 0 Å². The molecule has 0 aromatic carbocycles. The number of methoxy groups -OCH3 is 1. The Kier molecular flexibility index (Phi) is 7.18. The number of ether oxygens (including phenoxy) is 2. The Morgan fingerprint density at radius 1 is 1.08 bits per heavy atom. The molecule has 0 bridgehead atoms. The van der Waals surface area contributed by atoms with Gasteiger partial charge in [-0.1, -0.05) is 6.07 Å². The van der Waals surface area contributed by atoms with Gasteiger partial charge in [-0.05, 0) is 67.4 Å². The second-order valence-corrected chi connectivity index (χ2v) is 9.54. The van der Waals surface area contributed by atoms with Crippen molar-refractivity contribution in [3.05, 3.63) is 86.4 Å². The molecule has 0 fully saturated rings. The number of hydrogen-bond acceptors (Lipinski definition) is 8. The van der Waals surface area contributed by atoms with Crippen molar-refractivity contribution in [2.75, 3.05) is 7.11 Å².